The van der Waals surface area contributed by atoms with E-state index in [0.29, 0.717) is 0 Å². The van der Waals surface area contributed by atoms with Gasteiger partial charge in [-0.15, -0.1) is 0 Å². The minimum Gasteiger partial charge on any atom is -0.350 e. The van der Waals surface area contributed by atoms with E-state index in [1.807, 2.05) is 24.3 Å². The van der Waals surface area contributed by atoms with Gasteiger partial charge in [0.1, 0.15) is 10.7 Å². The standard InChI is InChI=1S/C16H16ClIN2O2/c17-13-14(19-11-8-6-10(18)7-9-11)16(22)20(15(13)21)12-4-2-1-3-5-12/h6-9,12,19H,1-5H2. The van der Waals surface area contributed by atoms with Crippen molar-refractivity contribution < 1.29 is 9.59 Å². The number of nitrogens with one attached hydrogen (secondary N) is 1. The highest BCUT2D eigenvalue weighted by molar-refractivity contribution is 14.1. The molecule has 1 N–H and O–H groups in total. The number of hydrogen-bond donors (Lipinski definition) is 1. The minimum atomic E-state index is -0.369. The average molecular weight is 431 g/mol. The molecular formula is C16H16ClIN2O2. The summed E-state index contributed by atoms with van der Waals surface area (Å²) in [6.07, 6.45) is 5.02. The first-order valence-corrected chi connectivity index (χ1v) is 8.84. The Labute approximate surface area is 148 Å². The van der Waals surface area contributed by atoms with Crippen LogP contribution in [0.1, 0.15) is 32.1 Å². The molecule has 0 spiro atoms. The topological polar surface area (TPSA) is 49.4 Å². The summed E-state index contributed by atoms with van der Waals surface area (Å²) in [5.74, 6) is -0.674. The van der Waals surface area contributed by atoms with Crippen LogP contribution < -0.4 is 5.32 Å². The van der Waals surface area contributed by atoms with Crippen molar-refractivity contribution in [2.45, 2.75) is 38.1 Å². The maximum atomic E-state index is 12.6. The molecule has 0 atom stereocenters. The number of hydrogen-bond acceptors (Lipinski definition) is 3. The van der Waals surface area contributed by atoms with E-state index in [0.717, 1.165) is 34.9 Å². The van der Waals surface area contributed by atoms with Crippen molar-refractivity contribution in [2.24, 2.45) is 0 Å². The van der Waals surface area contributed by atoms with Gasteiger partial charge >= 0.3 is 0 Å². The summed E-state index contributed by atoms with van der Waals surface area (Å²) < 4.78 is 1.10. The summed E-state index contributed by atoms with van der Waals surface area (Å²) in [4.78, 5) is 26.3. The van der Waals surface area contributed by atoms with E-state index < -0.39 is 0 Å². The van der Waals surface area contributed by atoms with Crippen molar-refractivity contribution in [3.63, 3.8) is 0 Å². The normalized spacial score (nSPS) is 20.0. The van der Waals surface area contributed by atoms with E-state index in [2.05, 4.69) is 27.9 Å². The van der Waals surface area contributed by atoms with Gasteiger partial charge in [-0.2, -0.15) is 0 Å². The van der Waals surface area contributed by atoms with Gasteiger partial charge in [0.05, 0.1) is 0 Å². The predicted molar refractivity (Wildman–Crippen MR) is 94.4 cm³/mol. The molecule has 1 aliphatic carbocycles. The first kappa shape index (κ1) is 15.8. The van der Waals surface area contributed by atoms with Gasteiger partial charge < -0.3 is 5.32 Å². The van der Waals surface area contributed by atoms with E-state index in [4.69, 9.17) is 11.6 Å². The lowest BCUT2D eigenvalue weighted by Gasteiger charge is -2.29. The maximum Gasteiger partial charge on any atom is 0.279 e. The number of anilines is 1. The largest absolute Gasteiger partial charge is 0.350 e. The van der Waals surface area contributed by atoms with E-state index >= 15 is 0 Å². The highest BCUT2D eigenvalue weighted by Crippen LogP contribution is 2.32. The molecule has 2 amide bonds. The second-order valence-electron chi connectivity index (χ2n) is 5.59. The zero-order valence-corrected chi connectivity index (χ0v) is 14.9. The smallest absolute Gasteiger partial charge is 0.279 e. The number of imide groups is 1. The number of nitrogens with zero attached hydrogens (tertiary/aromatic N) is 1. The van der Waals surface area contributed by atoms with Gasteiger partial charge in [-0.3, -0.25) is 14.5 Å². The molecule has 1 heterocycles. The van der Waals surface area contributed by atoms with Crippen molar-refractivity contribution in [1.29, 1.82) is 0 Å². The molecule has 116 valence electrons. The molecule has 0 unspecified atom stereocenters. The van der Waals surface area contributed by atoms with Crippen LogP contribution in [-0.4, -0.2) is 22.8 Å². The minimum absolute atomic E-state index is 0.00544. The molecule has 2 aliphatic rings. The van der Waals surface area contributed by atoms with Crippen LogP contribution in [0.25, 0.3) is 0 Å². The van der Waals surface area contributed by atoms with Crippen LogP contribution >= 0.6 is 34.2 Å². The molecule has 1 saturated carbocycles. The molecule has 4 nitrogen and oxygen atoms in total. The third-order valence-corrected chi connectivity index (χ3v) is 5.18. The SMILES string of the molecule is O=C1C(Cl)=C(Nc2ccc(I)cc2)C(=O)N1C1CCCCC1. The third kappa shape index (κ3) is 3.01. The van der Waals surface area contributed by atoms with E-state index in [1.54, 1.807) is 0 Å². The Kier molecular flexibility index (Phi) is 4.73. The molecule has 1 aromatic carbocycles. The third-order valence-electron chi connectivity index (χ3n) is 4.11. The quantitative estimate of drug-likeness (QED) is 0.585. The monoisotopic (exact) mass is 430 g/mol. The lowest BCUT2D eigenvalue weighted by molar-refractivity contribution is -0.140. The van der Waals surface area contributed by atoms with Gasteiger partial charge in [0, 0.05) is 15.3 Å². The first-order valence-electron chi connectivity index (χ1n) is 7.38. The highest BCUT2D eigenvalue weighted by Gasteiger charge is 2.41. The Morgan fingerprint density at radius 2 is 1.68 bits per heavy atom. The molecule has 22 heavy (non-hydrogen) atoms. The Morgan fingerprint density at radius 3 is 2.32 bits per heavy atom. The number of rotatable bonds is 3. The Morgan fingerprint density at radius 1 is 1.05 bits per heavy atom. The lowest BCUT2D eigenvalue weighted by Crippen LogP contribution is -2.42. The molecule has 1 aromatic rings. The van der Waals surface area contributed by atoms with Crippen LogP contribution in [0.2, 0.25) is 0 Å². The van der Waals surface area contributed by atoms with Crippen LogP contribution in [0.15, 0.2) is 35.0 Å². The summed E-state index contributed by atoms with van der Waals surface area (Å²) in [6.45, 7) is 0. The fourth-order valence-electron chi connectivity index (χ4n) is 2.98. The zero-order chi connectivity index (χ0) is 15.7. The number of carbonyl (C=O) groups is 2. The molecule has 1 aliphatic heterocycles. The van der Waals surface area contributed by atoms with Crippen molar-refractivity contribution in [3.8, 4) is 0 Å². The summed E-state index contributed by atoms with van der Waals surface area (Å²) >= 11 is 8.33. The summed E-state index contributed by atoms with van der Waals surface area (Å²) in [6, 6.07) is 7.56. The van der Waals surface area contributed by atoms with Crippen molar-refractivity contribution in [2.75, 3.05) is 5.32 Å². The van der Waals surface area contributed by atoms with Gasteiger partial charge in [-0.05, 0) is 59.7 Å². The number of carbonyl (C=O) groups excluding carboxylic acids is 2. The predicted octanol–water partition coefficient (Wildman–Crippen LogP) is 3.86. The molecule has 0 aromatic heterocycles. The van der Waals surface area contributed by atoms with E-state index in [-0.39, 0.29) is 28.6 Å². The van der Waals surface area contributed by atoms with Crippen molar-refractivity contribution in [3.05, 3.63) is 38.6 Å². The lowest BCUT2D eigenvalue weighted by atomic mass is 9.94. The number of amides is 2. The van der Waals surface area contributed by atoms with Crippen LogP contribution in [0, 0.1) is 3.57 Å². The fraction of sp³-hybridized carbons (Fsp3) is 0.375. The summed E-state index contributed by atoms with van der Waals surface area (Å²) in [5.41, 5.74) is 0.943. The van der Waals surface area contributed by atoms with E-state index in [9.17, 15) is 9.59 Å². The van der Waals surface area contributed by atoms with Gasteiger partial charge in [0.15, 0.2) is 0 Å². The van der Waals surface area contributed by atoms with Crippen LogP contribution in [-0.2, 0) is 9.59 Å². The summed E-state index contributed by atoms with van der Waals surface area (Å²) in [5, 5.41) is 2.99. The molecule has 6 heteroatoms. The van der Waals surface area contributed by atoms with E-state index in [1.165, 1.54) is 11.3 Å². The fourth-order valence-corrected chi connectivity index (χ4v) is 3.55. The van der Waals surface area contributed by atoms with Gasteiger partial charge in [0.25, 0.3) is 11.8 Å². The number of benzene rings is 1. The molecular weight excluding hydrogens is 415 g/mol. The molecule has 3 rings (SSSR count). The van der Waals surface area contributed by atoms with Crippen molar-refractivity contribution in [1.82, 2.24) is 4.90 Å². The molecule has 0 bridgehead atoms. The molecule has 0 radical (unpaired) electrons. The van der Waals surface area contributed by atoms with Gasteiger partial charge in [-0.1, -0.05) is 30.9 Å². The van der Waals surface area contributed by atoms with Crippen LogP contribution in [0.3, 0.4) is 0 Å². The average Bonchev–Trinajstić information content (AvgIpc) is 2.74. The highest BCUT2D eigenvalue weighted by atomic mass is 127. The Balaban J connectivity index is 1.80. The second kappa shape index (κ2) is 6.58. The van der Waals surface area contributed by atoms with Gasteiger partial charge in [-0.25, -0.2) is 0 Å². The first-order chi connectivity index (χ1) is 10.6. The van der Waals surface area contributed by atoms with Crippen LogP contribution in [0.4, 0.5) is 5.69 Å². The van der Waals surface area contributed by atoms with Crippen LogP contribution in [0.5, 0.6) is 0 Å². The maximum absolute atomic E-state index is 12.6. The number of halogens is 2. The Hall–Kier alpha value is -1.08. The molecule has 1 fully saturated rings. The zero-order valence-electron chi connectivity index (χ0n) is 11.9. The van der Waals surface area contributed by atoms with Crippen molar-refractivity contribution >= 4 is 51.7 Å². The summed E-state index contributed by atoms with van der Waals surface area (Å²) in [7, 11) is 0. The van der Waals surface area contributed by atoms with Gasteiger partial charge in [0.2, 0.25) is 0 Å². The Bertz CT molecular complexity index is 636. The second-order valence-corrected chi connectivity index (χ2v) is 7.22. The molecule has 0 saturated heterocycles.